The molecule has 0 N–H and O–H groups in total. The van der Waals surface area contributed by atoms with E-state index in [0.717, 1.165) is 17.6 Å². The summed E-state index contributed by atoms with van der Waals surface area (Å²) >= 11 is 0. The van der Waals surface area contributed by atoms with Crippen LogP contribution >= 0.6 is 0 Å². The monoisotopic (exact) mass is 260 g/mol. The second-order valence-corrected chi connectivity index (χ2v) is 4.73. The third-order valence-corrected chi connectivity index (χ3v) is 3.10. The van der Waals surface area contributed by atoms with Crippen LogP contribution in [0.25, 0.3) is 5.57 Å². The molecule has 0 aliphatic carbocycles. The van der Waals surface area contributed by atoms with Gasteiger partial charge in [-0.15, -0.1) is 0 Å². The Morgan fingerprint density at radius 1 is 1.16 bits per heavy atom. The molecule has 1 aromatic rings. The van der Waals surface area contributed by atoms with Crippen LogP contribution in [0, 0.1) is 0 Å². The normalized spacial score (nSPS) is 11.4. The second kappa shape index (κ2) is 8.52. The summed E-state index contributed by atoms with van der Waals surface area (Å²) in [6.45, 7) is 6.38. The molecule has 0 atom stereocenters. The van der Waals surface area contributed by atoms with Gasteiger partial charge in [0.1, 0.15) is 0 Å². The first kappa shape index (κ1) is 15.5. The zero-order chi connectivity index (χ0) is 14.1. The Balaban J connectivity index is 2.62. The number of aryl methyl sites for hydroxylation is 1. The van der Waals surface area contributed by atoms with Crippen molar-refractivity contribution >= 4 is 11.5 Å². The van der Waals surface area contributed by atoms with Gasteiger partial charge in [-0.1, -0.05) is 44.0 Å². The third kappa shape index (κ3) is 5.73. The van der Waals surface area contributed by atoms with E-state index < -0.39 is 0 Å². The van der Waals surface area contributed by atoms with Gasteiger partial charge in [-0.3, -0.25) is 0 Å². The Hall–Kier alpha value is -1.57. The summed E-state index contributed by atoms with van der Waals surface area (Å²) in [6, 6.07) is 8.44. The molecule has 0 unspecified atom stereocenters. The van der Waals surface area contributed by atoms with E-state index in [1.165, 1.54) is 24.8 Å². The van der Waals surface area contributed by atoms with E-state index in [9.17, 15) is 4.79 Å². The lowest BCUT2D eigenvalue weighted by Gasteiger charge is -2.05. The highest BCUT2D eigenvalue weighted by molar-refractivity contribution is 5.90. The number of carbonyl (C=O) groups excluding carboxylic acids is 1. The fourth-order valence-corrected chi connectivity index (χ4v) is 1.96. The van der Waals surface area contributed by atoms with Gasteiger partial charge in [0.25, 0.3) is 0 Å². The van der Waals surface area contributed by atoms with Crippen LogP contribution in [0.3, 0.4) is 0 Å². The first-order valence-electron chi connectivity index (χ1n) is 7.11. The van der Waals surface area contributed by atoms with Gasteiger partial charge < -0.3 is 4.74 Å². The predicted molar refractivity (Wildman–Crippen MR) is 80.0 cm³/mol. The standard InChI is InChI=1S/C17H24O2/c1-4-6-7-8-15-9-11-16(12-10-15)14(3)13-17(18)19-5-2/h9-13H,4-8H2,1-3H3. The van der Waals surface area contributed by atoms with Crippen molar-refractivity contribution < 1.29 is 9.53 Å². The highest BCUT2D eigenvalue weighted by atomic mass is 16.5. The Kier molecular flexibility index (Phi) is 6.94. The van der Waals surface area contributed by atoms with Gasteiger partial charge in [-0.2, -0.15) is 0 Å². The summed E-state index contributed by atoms with van der Waals surface area (Å²) in [4.78, 5) is 11.4. The molecule has 0 amide bonds. The maximum Gasteiger partial charge on any atom is 0.331 e. The molecule has 19 heavy (non-hydrogen) atoms. The molecular formula is C17H24O2. The highest BCUT2D eigenvalue weighted by Crippen LogP contribution is 2.16. The SMILES string of the molecule is CCCCCc1ccc(C(C)=CC(=O)OCC)cc1. The number of benzene rings is 1. The van der Waals surface area contributed by atoms with E-state index in [1.54, 1.807) is 6.08 Å². The van der Waals surface area contributed by atoms with Crippen LogP contribution in [-0.2, 0) is 16.0 Å². The summed E-state index contributed by atoms with van der Waals surface area (Å²) in [5.41, 5.74) is 3.38. The fourth-order valence-electron chi connectivity index (χ4n) is 1.96. The second-order valence-electron chi connectivity index (χ2n) is 4.73. The van der Waals surface area contributed by atoms with Gasteiger partial charge in [0, 0.05) is 6.08 Å². The molecule has 0 aliphatic heterocycles. The van der Waals surface area contributed by atoms with Crippen LogP contribution in [0.4, 0.5) is 0 Å². The lowest BCUT2D eigenvalue weighted by Crippen LogP contribution is -2.00. The van der Waals surface area contributed by atoms with Gasteiger partial charge in [-0.05, 0) is 43.4 Å². The van der Waals surface area contributed by atoms with Crippen molar-refractivity contribution in [1.82, 2.24) is 0 Å². The van der Waals surface area contributed by atoms with Crippen molar-refractivity contribution in [3.63, 3.8) is 0 Å². The van der Waals surface area contributed by atoms with Crippen molar-refractivity contribution in [1.29, 1.82) is 0 Å². The van der Waals surface area contributed by atoms with Crippen molar-refractivity contribution in [2.45, 2.75) is 46.5 Å². The number of ether oxygens (including phenoxy) is 1. The molecule has 0 aliphatic rings. The summed E-state index contributed by atoms with van der Waals surface area (Å²) in [5.74, 6) is -0.271. The molecule has 0 heterocycles. The minimum atomic E-state index is -0.271. The van der Waals surface area contributed by atoms with Crippen molar-refractivity contribution in [3.8, 4) is 0 Å². The topological polar surface area (TPSA) is 26.3 Å². The smallest absolute Gasteiger partial charge is 0.331 e. The molecule has 0 bridgehead atoms. The van der Waals surface area contributed by atoms with E-state index in [-0.39, 0.29) is 5.97 Å². The molecule has 0 radical (unpaired) electrons. The summed E-state index contributed by atoms with van der Waals surface area (Å²) in [7, 11) is 0. The molecule has 2 heteroatoms. The molecule has 1 rings (SSSR count). The maximum absolute atomic E-state index is 11.4. The first-order chi connectivity index (χ1) is 9.17. The van der Waals surface area contributed by atoms with Gasteiger partial charge in [0.05, 0.1) is 6.61 Å². The number of hydrogen-bond donors (Lipinski definition) is 0. The largest absolute Gasteiger partial charge is 0.463 e. The molecule has 0 spiro atoms. The lowest BCUT2D eigenvalue weighted by molar-refractivity contribution is -0.137. The first-order valence-corrected chi connectivity index (χ1v) is 7.11. The zero-order valence-electron chi connectivity index (χ0n) is 12.2. The van der Waals surface area contributed by atoms with E-state index in [2.05, 4.69) is 31.2 Å². The molecule has 104 valence electrons. The number of allylic oxidation sites excluding steroid dienone is 1. The number of carbonyl (C=O) groups is 1. The summed E-state index contributed by atoms with van der Waals surface area (Å²) in [6.07, 6.45) is 6.46. The van der Waals surface area contributed by atoms with Crippen LogP contribution in [0.2, 0.25) is 0 Å². The molecule has 0 saturated heterocycles. The number of esters is 1. The van der Waals surface area contributed by atoms with E-state index in [4.69, 9.17) is 4.74 Å². The van der Waals surface area contributed by atoms with Crippen LogP contribution in [0.1, 0.15) is 51.2 Å². The van der Waals surface area contributed by atoms with E-state index in [1.807, 2.05) is 13.8 Å². The van der Waals surface area contributed by atoms with Gasteiger partial charge in [-0.25, -0.2) is 4.79 Å². The molecular weight excluding hydrogens is 236 g/mol. The number of rotatable bonds is 7. The summed E-state index contributed by atoms with van der Waals surface area (Å²) < 4.78 is 4.91. The summed E-state index contributed by atoms with van der Waals surface area (Å²) in [5, 5.41) is 0. The minimum absolute atomic E-state index is 0.271. The molecule has 0 aromatic heterocycles. The average molecular weight is 260 g/mol. The molecule has 2 nitrogen and oxygen atoms in total. The Morgan fingerprint density at radius 3 is 2.42 bits per heavy atom. The predicted octanol–water partition coefficient (Wildman–Crippen LogP) is 4.39. The lowest BCUT2D eigenvalue weighted by atomic mass is 10.0. The molecule has 0 saturated carbocycles. The number of hydrogen-bond acceptors (Lipinski definition) is 2. The Labute approximate surface area is 116 Å². The van der Waals surface area contributed by atoms with Crippen LogP contribution in [0.15, 0.2) is 30.3 Å². The quantitative estimate of drug-likeness (QED) is 0.413. The zero-order valence-corrected chi connectivity index (χ0v) is 12.2. The maximum atomic E-state index is 11.4. The fraction of sp³-hybridized carbons (Fsp3) is 0.471. The van der Waals surface area contributed by atoms with Gasteiger partial charge in [0.2, 0.25) is 0 Å². The van der Waals surface area contributed by atoms with Crippen LogP contribution in [0.5, 0.6) is 0 Å². The van der Waals surface area contributed by atoms with Crippen LogP contribution in [-0.4, -0.2) is 12.6 Å². The number of unbranched alkanes of at least 4 members (excludes halogenated alkanes) is 2. The highest BCUT2D eigenvalue weighted by Gasteiger charge is 2.01. The minimum Gasteiger partial charge on any atom is -0.463 e. The Morgan fingerprint density at radius 2 is 1.84 bits per heavy atom. The van der Waals surface area contributed by atoms with Gasteiger partial charge >= 0.3 is 5.97 Å². The van der Waals surface area contributed by atoms with Crippen molar-refractivity contribution in [3.05, 3.63) is 41.5 Å². The average Bonchev–Trinajstić information content (AvgIpc) is 2.40. The van der Waals surface area contributed by atoms with Gasteiger partial charge in [0.15, 0.2) is 0 Å². The van der Waals surface area contributed by atoms with Crippen LogP contribution < -0.4 is 0 Å². The molecule has 1 aromatic carbocycles. The van der Waals surface area contributed by atoms with E-state index in [0.29, 0.717) is 6.61 Å². The Bertz CT molecular complexity index is 415. The van der Waals surface area contributed by atoms with Crippen molar-refractivity contribution in [2.24, 2.45) is 0 Å². The third-order valence-electron chi connectivity index (χ3n) is 3.10. The molecule has 0 fully saturated rings. The van der Waals surface area contributed by atoms with E-state index >= 15 is 0 Å². The van der Waals surface area contributed by atoms with Crippen molar-refractivity contribution in [2.75, 3.05) is 6.61 Å².